The van der Waals surface area contributed by atoms with Gasteiger partial charge in [0.05, 0.1) is 0 Å². The van der Waals surface area contributed by atoms with Crippen LogP contribution in [-0.2, 0) is 0 Å². The Bertz CT molecular complexity index is 1180. The van der Waals surface area contributed by atoms with Crippen molar-refractivity contribution in [1.82, 2.24) is 0 Å². The second-order valence-electron chi connectivity index (χ2n) is 6.26. The van der Waals surface area contributed by atoms with Gasteiger partial charge in [-0.15, -0.1) is 0 Å². The lowest BCUT2D eigenvalue weighted by Gasteiger charge is -2.11. The Morgan fingerprint density at radius 1 is 0.417 bits per heavy atom. The summed E-state index contributed by atoms with van der Waals surface area (Å²) in [5.74, 6) is 0. The zero-order chi connectivity index (χ0) is 15.9. The van der Waals surface area contributed by atoms with Crippen molar-refractivity contribution in [2.24, 2.45) is 0 Å². The average Bonchev–Trinajstić information content (AvgIpc) is 2.66. The van der Waals surface area contributed by atoms with Crippen LogP contribution in [0.25, 0.3) is 43.4 Å². The molecule has 5 aromatic carbocycles. The molecule has 5 aromatic rings. The summed E-state index contributed by atoms with van der Waals surface area (Å²) in [6.07, 6.45) is 0. The van der Waals surface area contributed by atoms with Gasteiger partial charge in [0.2, 0.25) is 0 Å². The molecule has 0 spiro atoms. The van der Waals surface area contributed by atoms with E-state index in [2.05, 4.69) is 97.1 Å². The van der Waals surface area contributed by atoms with E-state index in [1.165, 1.54) is 43.4 Å². The summed E-state index contributed by atoms with van der Waals surface area (Å²) in [4.78, 5) is 0. The zero-order valence-electron chi connectivity index (χ0n) is 13.2. The largest absolute Gasteiger partial charge is 0.0622 e. The van der Waals surface area contributed by atoms with Crippen molar-refractivity contribution < 1.29 is 0 Å². The maximum atomic E-state index is 2.33. The molecule has 0 fully saturated rings. The highest BCUT2D eigenvalue weighted by Crippen LogP contribution is 2.36. The van der Waals surface area contributed by atoms with Gasteiger partial charge in [0, 0.05) is 0 Å². The fourth-order valence-electron chi connectivity index (χ4n) is 3.66. The van der Waals surface area contributed by atoms with E-state index in [4.69, 9.17) is 0 Å². The summed E-state index contributed by atoms with van der Waals surface area (Å²) in [7, 11) is 0. The molecule has 0 unspecified atom stereocenters. The number of benzene rings is 5. The van der Waals surface area contributed by atoms with Gasteiger partial charge < -0.3 is 0 Å². The molecule has 0 radical (unpaired) electrons. The van der Waals surface area contributed by atoms with Crippen LogP contribution in [-0.4, -0.2) is 0 Å². The molecule has 0 aliphatic heterocycles. The zero-order valence-corrected chi connectivity index (χ0v) is 13.2. The van der Waals surface area contributed by atoms with Gasteiger partial charge in [0.15, 0.2) is 0 Å². The quantitative estimate of drug-likeness (QED) is 0.235. The van der Waals surface area contributed by atoms with Crippen LogP contribution in [0.3, 0.4) is 0 Å². The molecule has 0 heteroatoms. The average molecular weight is 304 g/mol. The Morgan fingerprint density at radius 2 is 1.08 bits per heavy atom. The normalized spacial score (nSPS) is 11.3. The van der Waals surface area contributed by atoms with Crippen LogP contribution in [0.1, 0.15) is 0 Å². The minimum Gasteiger partial charge on any atom is -0.0622 e. The highest BCUT2D eigenvalue weighted by molar-refractivity contribution is 6.17. The van der Waals surface area contributed by atoms with E-state index in [0.29, 0.717) is 0 Å². The lowest BCUT2D eigenvalue weighted by atomic mass is 9.92. The minimum atomic E-state index is 1.27. The molecule has 0 N–H and O–H groups in total. The third kappa shape index (κ3) is 2.00. The molecule has 24 heavy (non-hydrogen) atoms. The predicted molar refractivity (Wildman–Crippen MR) is 104 cm³/mol. The second kappa shape index (κ2) is 5.21. The molecular weight excluding hydrogens is 288 g/mol. The van der Waals surface area contributed by atoms with Crippen LogP contribution in [0.15, 0.2) is 97.1 Å². The molecule has 0 atom stereocenters. The molecule has 0 aliphatic rings. The molecule has 112 valence electrons. The molecule has 0 amide bonds. The smallest absolute Gasteiger partial charge is 0.00266 e. The molecule has 0 saturated carbocycles. The highest BCUT2D eigenvalue weighted by atomic mass is 14.1. The van der Waals surface area contributed by atoms with Crippen molar-refractivity contribution in [2.75, 3.05) is 0 Å². The lowest BCUT2D eigenvalue weighted by molar-refractivity contribution is 1.66. The monoisotopic (exact) mass is 304 g/mol. The molecular formula is C24H16. The van der Waals surface area contributed by atoms with E-state index < -0.39 is 0 Å². The van der Waals surface area contributed by atoms with Crippen molar-refractivity contribution >= 4 is 32.3 Å². The van der Waals surface area contributed by atoms with E-state index in [9.17, 15) is 0 Å². The highest BCUT2D eigenvalue weighted by Gasteiger charge is 2.08. The summed E-state index contributed by atoms with van der Waals surface area (Å²) in [5.41, 5.74) is 2.57. The first-order chi connectivity index (χ1) is 11.9. The fourth-order valence-corrected chi connectivity index (χ4v) is 3.66. The van der Waals surface area contributed by atoms with Crippen molar-refractivity contribution in [3.8, 4) is 11.1 Å². The van der Waals surface area contributed by atoms with Crippen LogP contribution in [0.5, 0.6) is 0 Å². The van der Waals surface area contributed by atoms with Crippen molar-refractivity contribution in [2.45, 2.75) is 0 Å². The van der Waals surface area contributed by atoms with E-state index in [1.54, 1.807) is 0 Å². The standard InChI is InChI=1S/C24H16/c1-2-7-17(8-3-1)22-12-6-11-18-13-14-21-15-19-9-4-5-10-20(19)16-23(21)24(18)22/h1-16H. The fraction of sp³-hybridized carbons (Fsp3) is 0. The van der Waals surface area contributed by atoms with Crippen LogP contribution in [0.2, 0.25) is 0 Å². The summed E-state index contributed by atoms with van der Waals surface area (Å²) >= 11 is 0. The Hall–Kier alpha value is -3.12. The third-order valence-electron chi connectivity index (χ3n) is 4.81. The van der Waals surface area contributed by atoms with Crippen molar-refractivity contribution in [3.05, 3.63) is 97.1 Å². The van der Waals surface area contributed by atoms with Crippen LogP contribution < -0.4 is 0 Å². The molecule has 0 aliphatic carbocycles. The van der Waals surface area contributed by atoms with Gasteiger partial charge in [-0.3, -0.25) is 0 Å². The van der Waals surface area contributed by atoms with Crippen LogP contribution in [0.4, 0.5) is 0 Å². The maximum Gasteiger partial charge on any atom is -0.00266 e. The van der Waals surface area contributed by atoms with Gasteiger partial charge in [0.1, 0.15) is 0 Å². The van der Waals surface area contributed by atoms with Gasteiger partial charge in [-0.2, -0.15) is 0 Å². The van der Waals surface area contributed by atoms with Gasteiger partial charge in [-0.1, -0.05) is 84.9 Å². The molecule has 0 saturated heterocycles. The molecule has 0 heterocycles. The molecule has 5 rings (SSSR count). The molecule has 0 aromatic heterocycles. The first-order valence-electron chi connectivity index (χ1n) is 8.30. The number of rotatable bonds is 1. The SMILES string of the molecule is c1ccc(-c2cccc3ccc4cc5ccccc5cc4c23)cc1. The van der Waals surface area contributed by atoms with Crippen molar-refractivity contribution in [1.29, 1.82) is 0 Å². The summed E-state index contributed by atoms with van der Waals surface area (Å²) in [6, 6.07) is 34.9. The lowest BCUT2D eigenvalue weighted by Crippen LogP contribution is -1.84. The van der Waals surface area contributed by atoms with Gasteiger partial charge >= 0.3 is 0 Å². The molecule has 0 nitrogen and oxygen atoms in total. The first kappa shape index (κ1) is 13.3. The number of fused-ring (bicyclic) bond motifs is 4. The van der Waals surface area contributed by atoms with Gasteiger partial charge in [-0.05, 0) is 55.6 Å². The molecule has 0 bridgehead atoms. The Morgan fingerprint density at radius 3 is 1.92 bits per heavy atom. The van der Waals surface area contributed by atoms with E-state index in [-0.39, 0.29) is 0 Å². The van der Waals surface area contributed by atoms with E-state index >= 15 is 0 Å². The number of hydrogen-bond donors (Lipinski definition) is 0. The van der Waals surface area contributed by atoms with E-state index in [0.717, 1.165) is 0 Å². The van der Waals surface area contributed by atoms with Gasteiger partial charge in [0.25, 0.3) is 0 Å². The minimum absolute atomic E-state index is 1.27. The number of hydrogen-bond acceptors (Lipinski definition) is 0. The topological polar surface area (TPSA) is 0 Å². The maximum absolute atomic E-state index is 2.33. The van der Waals surface area contributed by atoms with Crippen LogP contribution in [0, 0.1) is 0 Å². The van der Waals surface area contributed by atoms with Crippen molar-refractivity contribution in [3.63, 3.8) is 0 Å². The Labute approximate surface area is 141 Å². The Balaban J connectivity index is 1.97. The first-order valence-corrected chi connectivity index (χ1v) is 8.30. The third-order valence-corrected chi connectivity index (χ3v) is 4.81. The summed E-state index contributed by atoms with van der Waals surface area (Å²) in [6.45, 7) is 0. The van der Waals surface area contributed by atoms with Crippen LogP contribution >= 0.6 is 0 Å². The van der Waals surface area contributed by atoms with Gasteiger partial charge in [-0.25, -0.2) is 0 Å². The summed E-state index contributed by atoms with van der Waals surface area (Å²) in [5, 5.41) is 7.84. The summed E-state index contributed by atoms with van der Waals surface area (Å²) < 4.78 is 0. The Kier molecular flexibility index (Phi) is 2.89. The predicted octanol–water partition coefficient (Wildman–Crippen LogP) is 6.81. The second-order valence-corrected chi connectivity index (χ2v) is 6.26. The van der Waals surface area contributed by atoms with E-state index in [1.807, 2.05) is 0 Å².